The third-order valence-corrected chi connectivity index (χ3v) is 2.95. The van der Waals surface area contributed by atoms with Gasteiger partial charge in [0.25, 0.3) is 0 Å². The first-order chi connectivity index (χ1) is 8.17. The molecule has 1 saturated heterocycles. The fourth-order valence-corrected chi connectivity index (χ4v) is 1.56. The molecule has 0 spiro atoms. The molecule has 2 N–H and O–H groups in total. The normalized spacial score (nSPS) is 20.5. The van der Waals surface area contributed by atoms with Gasteiger partial charge in [-0.1, -0.05) is 0 Å². The summed E-state index contributed by atoms with van der Waals surface area (Å²) in [6, 6.07) is 0. The molecule has 0 aromatic rings. The summed E-state index contributed by atoms with van der Waals surface area (Å²) in [5.41, 5.74) is 0. The molecule has 0 bridgehead atoms. The third-order valence-electron chi connectivity index (χ3n) is 2.95. The fraction of sp³-hybridized carbons (Fsp3) is 0.917. The van der Waals surface area contributed by atoms with Gasteiger partial charge in [-0.15, -0.1) is 0 Å². The summed E-state index contributed by atoms with van der Waals surface area (Å²) >= 11 is 0. The largest absolute Gasteiger partial charge is 0.450 e. The van der Waals surface area contributed by atoms with E-state index in [1.54, 1.807) is 11.8 Å². The summed E-state index contributed by atoms with van der Waals surface area (Å²) in [4.78, 5) is 12.8. The Morgan fingerprint density at radius 2 is 1.88 bits per heavy atom. The number of carbonyl (C=O) groups is 1. The van der Waals surface area contributed by atoms with Crippen molar-refractivity contribution in [3.63, 3.8) is 0 Å². The highest BCUT2D eigenvalue weighted by Crippen LogP contribution is 2.27. The number of amides is 1. The van der Waals surface area contributed by atoms with E-state index < -0.39 is 0 Å². The zero-order valence-electron chi connectivity index (χ0n) is 10.5. The fourth-order valence-electron chi connectivity index (χ4n) is 1.56. The number of aliphatic hydroxyl groups is 2. The van der Waals surface area contributed by atoms with Gasteiger partial charge in [-0.05, 0) is 38.5 Å². The van der Waals surface area contributed by atoms with Crippen LogP contribution in [0.25, 0.3) is 0 Å². The Morgan fingerprint density at radius 1 is 1.29 bits per heavy atom. The van der Waals surface area contributed by atoms with Crippen molar-refractivity contribution in [2.75, 3.05) is 26.3 Å². The van der Waals surface area contributed by atoms with Crippen LogP contribution in [-0.4, -0.2) is 53.6 Å². The molecule has 2 aliphatic rings. The maximum atomic E-state index is 11.1. The molecular formula is C12H23NO4. The average molecular weight is 245 g/mol. The minimum absolute atomic E-state index is 0.240. The van der Waals surface area contributed by atoms with Crippen molar-refractivity contribution in [3.8, 4) is 0 Å². The van der Waals surface area contributed by atoms with Crippen molar-refractivity contribution >= 4 is 6.09 Å². The lowest BCUT2D eigenvalue weighted by Crippen LogP contribution is -2.40. The highest BCUT2D eigenvalue weighted by molar-refractivity contribution is 5.67. The van der Waals surface area contributed by atoms with E-state index >= 15 is 0 Å². The van der Waals surface area contributed by atoms with Crippen molar-refractivity contribution in [3.05, 3.63) is 0 Å². The predicted octanol–water partition coefficient (Wildman–Crippen LogP) is 0.988. The summed E-state index contributed by atoms with van der Waals surface area (Å²) in [7, 11) is 0. The molecule has 1 aliphatic heterocycles. The van der Waals surface area contributed by atoms with Crippen molar-refractivity contribution < 1.29 is 19.7 Å². The molecule has 0 aromatic carbocycles. The summed E-state index contributed by atoms with van der Waals surface area (Å²) in [6.07, 6.45) is 3.35. The Morgan fingerprint density at radius 3 is 2.24 bits per heavy atom. The number of carbonyl (C=O) groups excluding carboxylic acids is 1. The Kier molecular flexibility index (Phi) is 6.29. The van der Waals surface area contributed by atoms with Crippen LogP contribution in [0.5, 0.6) is 0 Å². The second kappa shape index (κ2) is 7.50. The Hall–Kier alpha value is -0.810. The van der Waals surface area contributed by atoms with Crippen molar-refractivity contribution in [2.24, 2.45) is 5.92 Å². The molecular weight excluding hydrogens is 222 g/mol. The number of rotatable bonds is 2. The molecule has 5 nitrogen and oxygen atoms in total. The molecule has 5 heteroatoms. The monoisotopic (exact) mass is 245 g/mol. The van der Waals surface area contributed by atoms with Gasteiger partial charge >= 0.3 is 6.09 Å². The van der Waals surface area contributed by atoms with E-state index in [2.05, 4.69) is 0 Å². The van der Waals surface area contributed by atoms with Gasteiger partial charge in [0.1, 0.15) is 0 Å². The number of piperidine rings is 1. The molecule has 0 aromatic heterocycles. The van der Waals surface area contributed by atoms with Crippen LogP contribution < -0.4 is 0 Å². The van der Waals surface area contributed by atoms with Gasteiger partial charge in [-0.25, -0.2) is 4.79 Å². The molecule has 1 heterocycles. The minimum atomic E-state index is -0.260. The van der Waals surface area contributed by atoms with Crippen LogP contribution in [0.15, 0.2) is 0 Å². The van der Waals surface area contributed by atoms with Gasteiger partial charge in [-0.3, -0.25) is 0 Å². The number of nitrogens with zero attached hydrogens (tertiary/aromatic N) is 1. The quantitative estimate of drug-likeness (QED) is 0.761. The molecule has 0 radical (unpaired) electrons. The van der Waals surface area contributed by atoms with Gasteiger partial charge in [0.05, 0.1) is 12.7 Å². The van der Waals surface area contributed by atoms with Crippen LogP contribution >= 0.6 is 0 Å². The Bertz CT molecular complexity index is 223. The summed E-state index contributed by atoms with van der Waals surface area (Å²) in [5, 5.41) is 17.4. The molecule has 2 fully saturated rings. The lowest BCUT2D eigenvalue weighted by atomic mass is 10.1. The predicted molar refractivity (Wildman–Crippen MR) is 63.6 cm³/mol. The lowest BCUT2D eigenvalue weighted by molar-refractivity contribution is 0.0615. The van der Waals surface area contributed by atoms with Crippen LogP contribution in [0.2, 0.25) is 0 Å². The van der Waals surface area contributed by atoms with Crippen LogP contribution in [-0.2, 0) is 4.74 Å². The van der Waals surface area contributed by atoms with Gasteiger partial charge in [-0.2, -0.15) is 0 Å². The van der Waals surface area contributed by atoms with Gasteiger partial charge < -0.3 is 19.8 Å². The van der Waals surface area contributed by atoms with Crippen molar-refractivity contribution in [1.29, 1.82) is 0 Å². The second-order valence-electron chi connectivity index (χ2n) is 4.54. The van der Waals surface area contributed by atoms with E-state index in [0.29, 0.717) is 45.1 Å². The number of ether oxygens (including phenoxy) is 1. The van der Waals surface area contributed by atoms with E-state index in [1.165, 1.54) is 12.8 Å². The molecule has 1 saturated carbocycles. The van der Waals surface area contributed by atoms with Crippen molar-refractivity contribution in [1.82, 2.24) is 4.90 Å². The third kappa shape index (κ3) is 5.89. The number of likely N-dealkylation sites (tertiary alicyclic amines) is 1. The number of hydrogen-bond acceptors (Lipinski definition) is 4. The SMILES string of the molecule is CCOC(=O)N1CCC(O)CC1.OCC1CC1. The first-order valence-electron chi connectivity index (χ1n) is 6.38. The van der Waals surface area contributed by atoms with Gasteiger partial charge in [0.15, 0.2) is 0 Å². The second-order valence-corrected chi connectivity index (χ2v) is 4.54. The van der Waals surface area contributed by atoms with Crippen molar-refractivity contribution in [2.45, 2.75) is 38.7 Å². The number of aliphatic hydroxyl groups excluding tert-OH is 2. The maximum Gasteiger partial charge on any atom is 0.409 e. The summed E-state index contributed by atoms with van der Waals surface area (Å²) in [5.74, 6) is 0.690. The summed E-state index contributed by atoms with van der Waals surface area (Å²) in [6.45, 7) is 3.84. The van der Waals surface area contributed by atoms with E-state index in [0.717, 1.165) is 0 Å². The molecule has 1 aliphatic carbocycles. The van der Waals surface area contributed by atoms with Crippen LogP contribution in [0.1, 0.15) is 32.6 Å². The van der Waals surface area contributed by atoms with E-state index in [1.807, 2.05) is 0 Å². The van der Waals surface area contributed by atoms with E-state index in [9.17, 15) is 4.79 Å². The zero-order chi connectivity index (χ0) is 12.7. The van der Waals surface area contributed by atoms with Crippen LogP contribution in [0.4, 0.5) is 4.79 Å². The molecule has 100 valence electrons. The molecule has 2 rings (SSSR count). The summed E-state index contributed by atoms with van der Waals surface area (Å²) < 4.78 is 4.82. The van der Waals surface area contributed by atoms with E-state index in [4.69, 9.17) is 14.9 Å². The highest BCUT2D eigenvalue weighted by Gasteiger charge is 2.21. The van der Waals surface area contributed by atoms with Gasteiger partial charge in [0.2, 0.25) is 0 Å². The molecule has 0 unspecified atom stereocenters. The first-order valence-corrected chi connectivity index (χ1v) is 6.38. The van der Waals surface area contributed by atoms with Crippen LogP contribution in [0.3, 0.4) is 0 Å². The molecule has 17 heavy (non-hydrogen) atoms. The topological polar surface area (TPSA) is 70.0 Å². The van der Waals surface area contributed by atoms with Crippen LogP contribution in [0, 0.1) is 5.92 Å². The Labute approximate surface area is 102 Å². The zero-order valence-corrected chi connectivity index (χ0v) is 10.5. The van der Waals surface area contributed by atoms with Gasteiger partial charge in [0, 0.05) is 19.7 Å². The minimum Gasteiger partial charge on any atom is -0.450 e. The smallest absolute Gasteiger partial charge is 0.409 e. The standard InChI is InChI=1S/C8H15NO3.C4H8O/c1-2-12-8(11)9-5-3-7(10)4-6-9;5-3-4-1-2-4/h7,10H,2-6H2,1H3;4-5H,1-3H2. The average Bonchev–Trinajstić information content (AvgIpc) is 3.14. The number of hydrogen-bond donors (Lipinski definition) is 2. The Balaban J connectivity index is 0.000000239. The highest BCUT2D eigenvalue weighted by atomic mass is 16.6. The first kappa shape index (κ1) is 14.3. The van der Waals surface area contributed by atoms with E-state index in [-0.39, 0.29) is 12.2 Å². The molecule has 0 atom stereocenters. The molecule has 1 amide bonds. The maximum absolute atomic E-state index is 11.1. The lowest BCUT2D eigenvalue weighted by Gasteiger charge is -2.28.